The fraction of sp³-hybridized carbons (Fsp3) is 0. The normalized spacial score (nSPS) is 12.0. The highest BCUT2D eigenvalue weighted by Gasteiger charge is 2.28. The Hall–Kier alpha value is -5.54. The molecule has 0 saturated carbocycles. The summed E-state index contributed by atoms with van der Waals surface area (Å²) in [4.78, 5) is 0. The van der Waals surface area contributed by atoms with Crippen LogP contribution in [-0.2, 0) is 0 Å². The van der Waals surface area contributed by atoms with Crippen LogP contribution < -0.4 is 0 Å². The fourth-order valence-corrected chi connectivity index (χ4v) is 10.1. The molecule has 0 heterocycles. The van der Waals surface area contributed by atoms with Crippen molar-refractivity contribution in [3.8, 4) is 44.5 Å². The van der Waals surface area contributed by atoms with Crippen LogP contribution in [-0.4, -0.2) is 0 Å². The Kier molecular flexibility index (Phi) is 6.65. The molecular formula is C50H28Br2. The molecule has 0 radical (unpaired) electrons. The number of benzene rings is 9. The molecule has 11 aromatic rings. The summed E-state index contributed by atoms with van der Waals surface area (Å²) in [6.07, 6.45) is 0. The van der Waals surface area contributed by atoms with Gasteiger partial charge in [0.15, 0.2) is 0 Å². The summed E-state index contributed by atoms with van der Waals surface area (Å²) < 4.78 is 2.21. The molecule has 11 rings (SSSR count). The molecule has 0 aliphatic heterocycles. The molecule has 0 nitrogen and oxygen atoms in total. The van der Waals surface area contributed by atoms with Gasteiger partial charge < -0.3 is 0 Å². The number of halogens is 2. The molecule has 0 aliphatic carbocycles. The Morgan fingerprint density at radius 3 is 0.981 bits per heavy atom. The molecule has 0 spiro atoms. The van der Waals surface area contributed by atoms with Gasteiger partial charge in [0.1, 0.15) is 0 Å². The molecule has 0 N–H and O–H groups in total. The average molecular weight is 789 g/mol. The molecule has 0 aromatic heterocycles. The van der Waals surface area contributed by atoms with Crippen molar-refractivity contribution in [1.29, 1.82) is 0 Å². The molecule has 11 aromatic carbocycles. The first-order valence-electron chi connectivity index (χ1n) is 17.7. The maximum Gasteiger partial charge on any atom is 0.0253 e. The van der Waals surface area contributed by atoms with Crippen molar-refractivity contribution in [2.24, 2.45) is 0 Å². The Balaban J connectivity index is 1.42. The smallest absolute Gasteiger partial charge is 0.0253 e. The van der Waals surface area contributed by atoms with Crippen molar-refractivity contribution in [3.05, 3.63) is 179 Å². The standard InChI is InChI=1S/C50H28Br2/c51-41-23-9-7-17-33(41)31-25-27-39-46-36(31)20-12-22-38(46)48-44(30-15-5-2-6-16-30)50-40-28-26-32(34-18-8-10-24-42(34)52)35-19-11-21-37(45(35)40)47(50)43(49(39)48)29-13-3-1-4-14-29/h1-28H. The molecule has 0 atom stereocenters. The number of hydrogen-bond donors (Lipinski definition) is 0. The predicted molar refractivity (Wildman–Crippen MR) is 231 cm³/mol. The second kappa shape index (κ2) is 11.5. The summed E-state index contributed by atoms with van der Waals surface area (Å²) in [5.74, 6) is 0. The summed E-state index contributed by atoms with van der Waals surface area (Å²) >= 11 is 7.74. The Labute approximate surface area is 317 Å². The number of rotatable bonds is 4. The van der Waals surface area contributed by atoms with Gasteiger partial charge in [0.25, 0.3) is 0 Å². The van der Waals surface area contributed by atoms with E-state index in [1.807, 2.05) is 0 Å². The Morgan fingerprint density at radius 1 is 0.231 bits per heavy atom. The van der Waals surface area contributed by atoms with E-state index < -0.39 is 0 Å². The second-order valence-corrected chi connectivity index (χ2v) is 15.4. The highest BCUT2D eigenvalue weighted by molar-refractivity contribution is 9.11. The van der Waals surface area contributed by atoms with E-state index in [0.717, 1.165) is 8.95 Å². The van der Waals surface area contributed by atoms with E-state index in [4.69, 9.17) is 0 Å². The quantitative estimate of drug-likeness (QED) is 0.167. The van der Waals surface area contributed by atoms with Crippen molar-refractivity contribution in [2.45, 2.75) is 0 Å². The molecular weight excluding hydrogens is 760 g/mol. The monoisotopic (exact) mass is 786 g/mol. The van der Waals surface area contributed by atoms with Gasteiger partial charge in [0, 0.05) is 8.95 Å². The summed E-state index contributed by atoms with van der Waals surface area (Å²) in [6.45, 7) is 0. The molecule has 52 heavy (non-hydrogen) atoms. The van der Waals surface area contributed by atoms with E-state index in [1.54, 1.807) is 0 Å². The van der Waals surface area contributed by atoms with Crippen LogP contribution in [0.2, 0.25) is 0 Å². The van der Waals surface area contributed by atoms with E-state index >= 15 is 0 Å². The van der Waals surface area contributed by atoms with Crippen LogP contribution in [0.4, 0.5) is 0 Å². The molecule has 242 valence electrons. The number of hydrogen-bond acceptors (Lipinski definition) is 0. The third-order valence-corrected chi connectivity index (χ3v) is 12.5. The minimum Gasteiger partial charge on any atom is -0.0622 e. The lowest BCUT2D eigenvalue weighted by Gasteiger charge is -2.15. The van der Waals surface area contributed by atoms with Crippen molar-refractivity contribution in [1.82, 2.24) is 0 Å². The zero-order valence-electron chi connectivity index (χ0n) is 27.9. The molecule has 0 saturated heterocycles. The predicted octanol–water partition coefficient (Wildman–Crippen LogP) is 15.7. The van der Waals surface area contributed by atoms with Gasteiger partial charge in [-0.05, 0) is 121 Å². The van der Waals surface area contributed by atoms with Crippen molar-refractivity contribution >= 4 is 96.5 Å². The third-order valence-electron chi connectivity index (χ3n) is 11.1. The molecule has 0 amide bonds. The van der Waals surface area contributed by atoms with E-state index in [2.05, 4.69) is 202 Å². The van der Waals surface area contributed by atoms with Crippen LogP contribution in [0.3, 0.4) is 0 Å². The first kappa shape index (κ1) is 30.1. The van der Waals surface area contributed by atoms with Gasteiger partial charge in [-0.25, -0.2) is 0 Å². The lowest BCUT2D eigenvalue weighted by molar-refractivity contribution is 1.62. The van der Waals surface area contributed by atoms with Gasteiger partial charge in [0.2, 0.25) is 0 Å². The lowest BCUT2D eigenvalue weighted by atomic mass is 9.87. The van der Waals surface area contributed by atoms with Crippen molar-refractivity contribution in [2.75, 3.05) is 0 Å². The first-order valence-corrected chi connectivity index (χ1v) is 19.2. The second-order valence-electron chi connectivity index (χ2n) is 13.7. The average Bonchev–Trinajstić information content (AvgIpc) is 3.70. The van der Waals surface area contributed by atoms with E-state index in [1.165, 1.54) is 109 Å². The van der Waals surface area contributed by atoms with Crippen molar-refractivity contribution in [3.63, 3.8) is 0 Å². The van der Waals surface area contributed by atoms with Crippen LogP contribution in [0.15, 0.2) is 179 Å². The third kappa shape index (κ3) is 4.14. The maximum absolute atomic E-state index is 3.87. The van der Waals surface area contributed by atoms with E-state index in [-0.39, 0.29) is 0 Å². The van der Waals surface area contributed by atoms with Gasteiger partial charge in [-0.2, -0.15) is 0 Å². The highest BCUT2D eigenvalue weighted by Crippen LogP contribution is 2.56. The zero-order chi connectivity index (χ0) is 34.5. The van der Waals surface area contributed by atoms with Gasteiger partial charge in [-0.3, -0.25) is 0 Å². The van der Waals surface area contributed by atoms with Crippen LogP contribution in [0, 0.1) is 0 Å². The summed E-state index contributed by atoms with van der Waals surface area (Å²) in [5.41, 5.74) is 9.99. The highest BCUT2D eigenvalue weighted by atomic mass is 79.9. The van der Waals surface area contributed by atoms with Crippen LogP contribution in [0.5, 0.6) is 0 Å². The lowest BCUT2D eigenvalue weighted by Crippen LogP contribution is -1.87. The number of fused-ring (bicyclic) bond motifs is 6. The molecule has 0 bridgehead atoms. The minimum absolute atomic E-state index is 1.10. The van der Waals surface area contributed by atoms with Gasteiger partial charge in [-0.1, -0.05) is 190 Å². The zero-order valence-corrected chi connectivity index (χ0v) is 31.1. The van der Waals surface area contributed by atoms with Gasteiger partial charge >= 0.3 is 0 Å². The SMILES string of the molecule is Brc1ccccc1-c1ccc2c3c(-c4ccccc4)c4c5cccc6c(-c7ccccc7Br)ccc(c4c(-c4ccccc4)c3c3cccc1c32)c65. The van der Waals surface area contributed by atoms with E-state index in [0.29, 0.717) is 0 Å². The summed E-state index contributed by atoms with van der Waals surface area (Å²) in [5, 5.41) is 15.7. The van der Waals surface area contributed by atoms with Crippen LogP contribution in [0.1, 0.15) is 0 Å². The van der Waals surface area contributed by atoms with E-state index in [9.17, 15) is 0 Å². The Morgan fingerprint density at radius 2 is 0.577 bits per heavy atom. The summed E-state index contributed by atoms with van der Waals surface area (Å²) in [6, 6.07) is 62.5. The fourth-order valence-electron chi connectivity index (χ4n) is 9.09. The van der Waals surface area contributed by atoms with Crippen LogP contribution >= 0.6 is 31.9 Å². The molecule has 0 fully saturated rings. The molecule has 2 heteroatoms. The Bertz CT molecular complexity index is 2910. The van der Waals surface area contributed by atoms with Crippen molar-refractivity contribution < 1.29 is 0 Å². The minimum atomic E-state index is 1.10. The summed E-state index contributed by atoms with van der Waals surface area (Å²) in [7, 11) is 0. The molecule has 0 aliphatic rings. The maximum atomic E-state index is 3.87. The van der Waals surface area contributed by atoms with Gasteiger partial charge in [-0.15, -0.1) is 0 Å². The van der Waals surface area contributed by atoms with Crippen LogP contribution in [0.25, 0.3) is 109 Å². The first-order chi connectivity index (χ1) is 25.7. The largest absolute Gasteiger partial charge is 0.0622 e. The van der Waals surface area contributed by atoms with Gasteiger partial charge in [0.05, 0.1) is 0 Å². The molecule has 0 unspecified atom stereocenters. The topological polar surface area (TPSA) is 0 Å².